The highest BCUT2D eigenvalue weighted by Gasteiger charge is 2.26. The van der Waals surface area contributed by atoms with Crippen molar-refractivity contribution in [1.29, 1.82) is 0 Å². The number of esters is 1. The molecule has 3 aromatic rings. The lowest BCUT2D eigenvalue weighted by atomic mass is 10.0. The van der Waals surface area contributed by atoms with Gasteiger partial charge in [0.15, 0.2) is 11.6 Å². The zero-order valence-electron chi connectivity index (χ0n) is 23.9. The molecule has 0 bridgehead atoms. The first kappa shape index (κ1) is 30.9. The second-order valence-electron chi connectivity index (χ2n) is 10.9. The van der Waals surface area contributed by atoms with Gasteiger partial charge >= 0.3 is 5.97 Å². The van der Waals surface area contributed by atoms with Crippen molar-refractivity contribution in [2.24, 2.45) is 5.92 Å². The fourth-order valence-electron chi connectivity index (χ4n) is 5.04. The van der Waals surface area contributed by atoms with Crippen molar-refractivity contribution in [1.82, 2.24) is 9.88 Å². The normalized spacial score (nSPS) is 14.2. The zero-order chi connectivity index (χ0) is 30.2. The van der Waals surface area contributed by atoms with Crippen LogP contribution in [0.1, 0.15) is 68.3 Å². The van der Waals surface area contributed by atoms with Crippen LogP contribution >= 0.6 is 0 Å². The van der Waals surface area contributed by atoms with Gasteiger partial charge in [0.05, 0.1) is 17.9 Å². The number of ketones is 1. The summed E-state index contributed by atoms with van der Waals surface area (Å²) in [5.41, 5.74) is 5.55. The summed E-state index contributed by atoms with van der Waals surface area (Å²) in [6, 6.07) is 10.9. The molecule has 1 atom stereocenters. The van der Waals surface area contributed by atoms with Crippen LogP contribution in [0.25, 0.3) is 5.69 Å². The number of hydrogen-bond acceptors (Lipinski definition) is 7. The lowest BCUT2D eigenvalue weighted by Crippen LogP contribution is -2.41. The molecule has 10 heteroatoms. The zero-order valence-corrected chi connectivity index (χ0v) is 23.9. The van der Waals surface area contributed by atoms with Crippen molar-refractivity contribution in [3.05, 3.63) is 87.7 Å². The average Bonchev–Trinajstić information content (AvgIpc) is 3.46. The Morgan fingerprint density at radius 1 is 1.05 bits per heavy atom. The van der Waals surface area contributed by atoms with Crippen molar-refractivity contribution in [3.8, 4) is 11.4 Å². The Bertz CT molecular complexity index is 1450. The van der Waals surface area contributed by atoms with E-state index in [2.05, 4.69) is 19.2 Å². The number of rotatable bonds is 13. The number of carbonyl (C=O) groups is 2. The third-order valence-electron chi connectivity index (χ3n) is 7.20. The Labute approximate surface area is 243 Å². The van der Waals surface area contributed by atoms with Crippen LogP contribution in [0.5, 0.6) is 5.75 Å². The van der Waals surface area contributed by atoms with E-state index in [1.54, 1.807) is 0 Å². The lowest BCUT2D eigenvalue weighted by molar-refractivity contribution is -0.151. The highest BCUT2D eigenvalue weighted by molar-refractivity contribution is 6.11. The predicted molar refractivity (Wildman–Crippen MR) is 156 cm³/mol. The van der Waals surface area contributed by atoms with Gasteiger partial charge in [0.2, 0.25) is 0 Å². The molecule has 0 saturated heterocycles. The first-order valence-electron chi connectivity index (χ1n) is 14.3. The number of nitrogens with two attached hydrogens (primary N) is 1. The first-order valence-corrected chi connectivity index (χ1v) is 14.3. The van der Waals surface area contributed by atoms with Gasteiger partial charge in [-0.25, -0.2) is 8.78 Å². The molecule has 1 aliphatic rings. The summed E-state index contributed by atoms with van der Waals surface area (Å²) in [5, 5.41) is 3.27. The molecule has 8 nitrogen and oxygen atoms in total. The molecule has 3 N–H and O–H groups in total. The van der Waals surface area contributed by atoms with E-state index in [0.29, 0.717) is 25.3 Å². The molecule has 0 radical (unpaired) electrons. The molecule has 2 aromatic carbocycles. The third kappa shape index (κ3) is 7.82. The number of nitrogen functional groups attached to an aromatic ring is 1. The van der Waals surface area contributed by atoms with Gasteiger partial charge in [0.25, 0.3) is 5.56 Å². The molecule has 1 heterocycles. The van der Waals surface area contributed by atoms with Gasteiger partial charge in [-0.1, -0.05) is 13.8 Å². The van der Waals surface area contributed by atoms with Crippen LogP contribution in [0.3, 0.4) is 0 Å². The quantitative estimate of drug-likeness (QED) is 0.162. The molecule has 42 heavy (non-hydrogen) atoms. The smallest absolute Gasteiger partial charge is 0.323 e. The maximum atomic E-state index is 15.2. The Morgan fingerprint density at radius 2 is 1.76 bits per heavy atom. The van der Waals surface area contributed by atoms with Gasteiger partial charge in [-0.05, 0) is 93.5 Å². The average molecular weight is 582 g/mol. The van der Waals surface area contributed by atoms with Crippen molar-refractivity contribution in [3.63, 3.8) is 0 Å². The van der Waals surface area contributed by atoms with E-state index in [-0.39, 0.29) is 47.1 Å². The lowest BCUT2D eigenvalue weighted by Gasteiger charge is -2.21. The van der Waals surface area contributed by atoms with E-state index in [1.807, 2.05) is 0 Å². The monoisotopic (exact) mass is 581 g/mol. The number of ether oxygens (including phenoxy) is 2. The first-order chi connectivity index (χ1) is 20.1. The molecule has 0 spiro atoms. The van der Waals surface area contributed by atoms with E-state index in [4.69, 9.17) is 15.2 Å². The fourth-order valence-corrected chi connectivity index (χ4v) is 5.04. The number of hydrogen-bond donors (Lipinski definition) is 2. The Balaban J connectivity index is 1.36. The molecular weight excluding hydrogens is 544 g/mol. The van der Waals surface area contributed by atoms with Crippen LogP contribution in [0.2, 0.25) is 0 Å². The summed E-state index contributed by atoms with van der Waals surface area (Å²) in [7, 11) is 0. The molecule has 1 aliphatic carbocycles. The number of nitrogens with zero attached hydrogens (tertiary/aromatic N) is 1. The number of anilines is 1. The van der Waals surface area contributed by atoms with E-state index in [9.17, 15) is 18.8 Å². The summed E-state index contributed by atoms with van der Waals surface area (Å²) in [6.07, 6.45) is 5.26. The Hall–Kier alpha value is -4.05. The minimum atomic E-state index is -0.766. The maximum Gasteiger partial charge on any atom is 0.323 e. The third-order valence-corrected chi connectivity index (χ3v) is 7.20. The van der Waals surface area contributed by atoms with Crippen molar-refractivity contribution in [2.75, 3.05) is 18.9 Å². The van der Waals surface area contributed by atoms with Gasteiger partial charge in [-0.2, -0.15) is 0 Å². The van der Waals surface area contributed by atoms with Crippen molar-refractivity contribution >= 4 is 17.6 Å². The van der Waals surface area contributed by atoms with Crippen LogP contribution < -0.4 is 21.3 Å². The largest absolute Gasteiger partial charge is 0.493 e. The molecule has 224 valence electrons. The Kier molecular flexibility index (Phi) is 10.5. The molecule has 0 unspecified atom stereocenters. The van der Waals surface area contributed by atoms with Crippen molar-refractivity contribution in [2.45, 2.75) is 64.5 Å². The highest BCUT2D eigenvalue weighted by atomic mass is 19.1. The number of benzene rings is 2. The van der Waals surface area contributed by atoms with Gasteiger partial charge in [0.1, 0.15) is 29.5 Å². The topological polar surface area (TPSA) is 113 Å². The number of carbonyl (C=O) groups excluding carboxylic acids is 2. The van der Waals surface area contributed by atoms with Gasteiger partial charge in [-0.3, -0.25) is 19.0 Å². The maximum absolute atomic E-state index is 15.2. The minimum absolute atomic E-state index is 0.0131. The van der Waals surface area contributed by atoms with Crippen LogP contribution in [-0.4, -0.2) is 41.6 Å². The Morgan fingerprint density at radius 3 is 2.43 bits per heavy atom. The highest BCUT2D eigenvalue weighted by Crippen LogP contribution is 2.24. The molecular formula is C32H37F2N3O5. The SMILES string of the molecule is CC(C)C[C@H](NCCCOc1ccc(-n2c(N)c(C(=O)c3ccc(F)cc3)ccc2=O)c(F)c1)C(=O)OC1CCCC1. The summed E-state index contributed by atoms with van der Waals surface area (Å²) < 4.78 is 40.7. The second-order valence-corrected chi connectivity index (χ2v) is 10.9. The summed E-state index contributed by atoms with van der Waals surface area (Å²) in [4.78, 5) is 38.2. The van der Waals surface area contributed by atoms with E-state index in [1.165, 1.54) is 30.3 Å². The van der Waals surface area contributed by atoms with Gasteiger partial charge in [0, 0.05) is 17.7 Å². The van der Waals surface area contributed by atoms with E-state index < -0.39 is 29.0 Å². The summed E-state index contributed by atoms with van der Waals surface area (Å²) in [5.74, 6) is -1.68. The second kappa shape index (κ2) is 14.2. The van der Waals surface area contributed by atoms with Crippen LogP contribution in [0.15, 0.2) is 59.4 Å². The number of halogens is 2. The predicted octanol–water partition coefficient (Wildman–Crippen LogP) is 5.19. The van der Waals surface area contributed by atoms with Gasteiger partial charge < -0.3 is 20.5 Å². The van der Waals surface area contributed by atoms with Crippen molar-refractivity contribution < 1.29 is 27.8 Å². The fraction of sp³-hybridized carbons (Fsp3) is 0.406. The number of aromatic nitrogens is 1. The summed E-state index contributed by atoms with van der Waals surface area (Å²) >= 11 is 0. The van der Waals surface area contributed by atoms with E-state index in [0.717, 1.165) is 54.5 Å². The van der Waals surface area contributed by atoms with Crippen LogP contribution in [0, 0.1) is 17.6 Å². The number of nitrogens with one attached hydrogen (secondary N) is 1. The molecule has 4 rings (SSSR count). The molecule has 1 saturated carbocycles. The van der Waals surface area contributed by atoms with Gasteiger partial charge in [-0.15, -0.1) is 0 Å². The van der Waals surface area contributed by atoms with Crippen LogP contribution in [-0.2, 0) is 9.53 Å². The number of pyridine rings is 1. The molecule has 1 aromatic heterocycles. The standard InChI is InChI=1S/C32H37F2N3O5/c1-20(2)18-27(32(40)42-23-6-3-4-7-23)36-16-5-17-41-24-12-14-28(26(34)19-24)37-29(38)15-13-25(31(37)35)30(39)21-8-10-22(33)11-9-21/h8-15,19-20,23,27,36H,3-7,16-18,35H2,1-2H3/t27-/m0/s1. The molecule has 0 aliphatic heterocycles. The summed E-state index contributed by atoms with van der Waals surface area (Å²) in [6.45, 7) is 4.89. The molecule has 0 amide bonds. The van der Waals surface area contributed by atoms with Crippen LogP contribution in [0.4, 0.5) is 14.6 Å². The minimum Gasteiger partial charge on any atom is -0.493 e. The van der Waals surface area contributed by atoms with E-state index >= 15 is 4.39 Å². The molecule has 1 fully saturated rings.